The Bertz CT molecular complexity index is 460. The first kappa shape index (κ1) is 17.3. The Balaban J connectivity index is 1.72. The molecule has 4 nitrogen and oxygen atoms in total. The average molecular weight is 322 g/mol. The number of hydrogen-bond acceptors (Lipinski definition) is 4. The van der Waals surface area contributed by atoms with Crippen LogP contribution in [0.4, 0.5) is 0 Å². The second kappa shape index (κ2) is 9.18. The third-order valence-electron chi connectivity index (χ3n) is 3.75. The summed E-state index contributed by atoms with van der Waals surface area (Å²) < 4.78 is 5.19. The third-order valence-corrected chi connectivity index (χ3v) is 4.40. The summed E-state index contributed by atoms with van der Waals surface area (Å²) in [7, 11) is 0. The minimum Gasteiger partial charge on any atom is -0.372 e. The maximum atomic E-state index is 12.3. The maximum absolute atomic E-state index is 12.3. The topological polar surface area (TPSA) is 53.7 Å². The van der Waals surface area contributed by atoms with E-state index in [1.54, 1.807) is 11.8 Å². The van der Waals surface area contributed by atoms with Crippen LogP contribution in [0.25, 0.3) is 0 Å². The van der Waals surface area contributed by atoms with Gasteiger partial charge in [0.2, 0.25) is 5.91 Å². The van der Waals surface area contributed by atoms with Crippen LogP contribution in [0.3, 0.4) is 0 Å². The summed E-state index contributed by atoms with van der Waals surface area (Å²) in [4.78, 5) is 12.3. The molecule has 1 heterocycles. The molecule has 1 saturated heterocycles. The van der Waals surface area contributed by atoms with Crippen LogP contribution in [0.15, 0.2) is 24.3 Å². The SMILES string of the molecule is CSCCC(NCC1CO1)C(=O)NCCc1ccc(C)cc1. The van der Waals surface area contributed by atoms with Gasteiger partial charge in [-0.2, -0.15) is 11.8 Å². The van der Waals surface area contributed by atoms with Crippen LogP contribution >= 0.6 is 11.8 Å². The lowest BCUT2D eigenvalue weighted by Crippen LogP contribution is -2.46. The number of benzene rings is 1. The van der Waals surface area contributed by atoms with Crippen molar-refractivity contribution in [3.63, 3.8) is 0 Å². The summed E-state index contributed by atoms with van der Waals surface area (Å²) in [6.45, 7) is 4.35. The van der Waals surface area contributed by atoms with Gasteiger partial charge in [0.05, 0.1) is 18.8 Å². The first-order valence-corrected chi connectivity index (χ1v) is 9.25. The summed E-state index contributed by atoms with van der Waals surface area (Å²) in [5.41, 5.74) is 2.52. The molecule has 2 rings (SSSR count). The van der Waals surface area contributed by atoms with E-state index in [9.17, 15) is 4.79 Å². The minimum absolute atomic E-state index is 0.0989. The highest BCUT2D eigenvalue weighted by Gasteiger charge is 2.25. The zero-order valence-electron chi connectivity index (χ0n) is 13.4. The molecule has 1 fully saturated rings. The molecule has 1 aliphatic heterocycles. The van der Waals surface area contributed by atoms with Gasteiger partial charge in [0, 0.05) is 13.1 Å². The Hall–Kier alpha value is -1.04. The zero-order valence-corrected chi connectivity index (χ0v) is 14.2. The Morgan fingerprint density at radius 2 is 2.14 bits per heavy atom. The van der Waals surface area contributed by atoms with E-state index in [1.165, 1.54) is 11.1 Å². The van der Waals surface area contributed by atoms with E-state index in [4.69, 9.17) is 4.74 Å². The quantitative estimate of drug-likeness (QED) is 0.645. The fraction of sp³-hybridized carbons (Fsp3) is 0.588. The molecular formula is C17H26N2O2S. The van der Waals surface area contributed by atoms with Gasteiger partial charge in [0.15, 0.2) is 0 Å². The highest BCUT2D eigenvalue weighted by atomic mass is 32.2. The number of hydrogen-bond donors (Lipinski definition) is 2. The van der Waals surface area contributed by atoms with Crippen molar-refractivity contribution in [3.8, 4) is 0 Å². The van der Waals surface area contributed by atoms with Crippen LogP contribution in [-0.2, 0) is 16.0 Å². The van der Waals surface area contributed by atoms with Gasteiger partial charge in [0.1, 0.15) is 0 Å². The van der Waals surface area contributed by atoms with Crippen LogP contribution < -0.4 is 10.6 Å². The Labute approximate surface area is 137 Å². The van der Waals surface area contributed by atoms with E-state index in [0.717, 1.165) is 31.7 Å². The molecule has 0 spiro atoms. The van der Waals surface area contributed by atoms with Crippen LogP contribution in [-0.4, -0.2) is 49.8 Å². The largest absolute Gasteiger partial charge is 0.372 e. The molecule has 2 unspecified atom stereocenters. The van der Waals surface area contributed by atoms with Crippen molar-refractivity contribution < 1.29 is 9.53 Å². The van der Waals surface area contributed by atoms with Gasteiger partial charge < -0.3 is 15.4 Å². The molecule has 1 aromatic carbocycles. The first-order chi connectivity index (χ1) is 10.7. The molecule has 22 heavy (non-hydrogen) atoms. The van der Waals surface area contributed by atoms with Crippen molar-refractivity contribution in [2.24, 2.45) is 0 Å². The number of thioether (sulfide) groups is 1. The lowest BCUT2D eigenvalue weighted by molar-refractivity contribution is -0.123. The zero-order chi connectivity index (χ0) is 15.8. The number of ether oxygens (including phenoxy) is 1. The fourth-order valence-corrected chi connectivity index (χ4v) is 2.70. The summed E-state index contributed by atoms with van der Waals surface area (Å²) >= 11 is 1.77. The predicted molar refractivity (Wildman–Crippen MR) is 92.4 cm³/mol. The number of rotatable bonds is 10. The smallest absolute Gasteiger partial charge is 0.237 e. The predicted octanol–water partition coefficient (Wildman–Crippen LogP) is 1.76. The summed E-state index contributed by atoms with van der Waals surface area (Å²) in [6, 6.07) is 8.34. The number of aryl methyl sites for hydroxylation is 1. The van der Waals surface area contributed by atoms with Crippen molar-refractivity contribution >= 4 is 17.7 Å². The molecular weight excluding hydrogens is 296 g/mol. The van der Waals surface area contributed by atoms with Gasteiger partial charge in [0.25, 0.3) is 0 Å². The van der Waals surface area contributed by atoms with Crippen LogP contribution in [0, 0.1) is 6.92 Å². The Kier molecular flexibility index (Phi) is 7.22. The van der Waals surface area contributed by atoms with Gasteiger partial charge in [-0.05, 0) is 37.3 Å². The Morgan fingerprint density at radius 3 is 2.77 bits per heavy atom. The highest BCUT2D eigenvalue weighted by molar-refractivity contribution is 7.98. The molecule has 2 atom stereocenters. The summed E-state index contributed by atoms with van der Waals surface area (Å²) in [6.07, 6.45) is 4.09. The summed E-state index contributed by atoms with van der Waals surface area (Å²) in [5.74, 6) is 1.08. The van der Waals surface area contributed by atoms with Gasteiger partial charge in [-0.3, -0.25) is 4.79 Å². The number of nitrogens with one attached hydrogen (secondary N) is 2. The lowest BCUT2D eigenvalue weighted by Gasteiger charge is -2.17. The van der Waals surface area contributed by atoms with Crippen molar-refractivity contribution in [1.82, 2.24) is 10.6 Å². The van der Waals surface area contributed by atoms with Gasteiger partial charge in [-0.25, -0.2) is 0 Å². The van der Waals surface area contributed by atoms with Crippen molar-refractivity contribution in [2.45, 2.75) is 31.9 Å². The monoisotopic (exact) mass is 322 g/mol. The third kappa shape index (κ3) is 6.38. The van der Waals surface area contributed by atoms with Gasteiger partial charge in [-0.15, -0.1) is 0 Å². The van der Waals surface area contributed by atoms with E-state index in [2.05, 4.69) is 48.1 Å². The molecule has 1 aromatic rings. The molecule has 0 radical (unpaired) electrons. The number of amides is 1. The van der Waals surface area contributed by atoms with E-state index >= 15 is 0 Å². The molecule has 0 saturated carbocycles. The average Bonchev–Trinajstić information content (AvgIpc) is 3.33. The fourth-order valence-electron chi connectivity index (χ4n) is 2.23. The van der Waals surface area contributed by atoms with Crippen molar-refractivity contribution in [1.29, 1.82) is 0 Å². The second-order valence-corrected chi connectivity index (χ2v) is 6.71. The van der Waals surface area contributed by atoms with Gasteiger partial charge >= 0.3 is 0 Å². The number of carbonyl (C=O) groups excluding carboxylic acids is 1. The van der Waals surface area contributed by atoms with Gasteiger partial charge in [-0.1, -0.05) is 29.8 Å². The molecule has 0 bridgehead atoms. The van der Waals surface area contributed by atoms with E-state index < -0.39 is 0 Å². The molecule has 1 aliphatic rings. The van der Waals surface area contributed by atoms with E-state index in [1.807, 2.05) is 0 Å². The normalized spacial score (nSPS) is 18.0. The Morgan fingerprint density at radius 1 is 1.41 bits per heavy atom. The summed E-state index contributed by atoms with van der Waals surface area (Å²) in [5, 5.41) is 6.37. The molecule has 1 amide bonds. The van der Waals surface area contributed by atoms with Crippen LogP contribution in [0.2, 0.25) is 0 Å². The van der Waals surface area contributed by atoms with Crippen molar-refractivity contribution in [3.05, 3.63) is 35.4 Å². The van der Waals surface area contributed by atoms with Crippen LogP contribution in [0.5, 0.6) is 0 Å². The number of epoxide rings is 1. The first-order valence-electron chi connectivity index (χ1n) is 7.86. The molecule has 122 valence electrons. The highest BCUT2D eigenvalue weighted by Crippen LogP contribution is 2.08. The maximum Gasteiger partial charge on any atom is 0.237 e. The van der Waals surface area contributed by atoms with E-state index in [-0.39, 0.29) is 11.9 Å². The second-order valence-electron chi connectivity index (χ2n) is 5.72. The molecule has 0 aliphatic carbocycles. The number of carbonyl (C=O) groups is 1. The minimum atomic E-state index is -0.116. The van der Waals surface area contributed by atoms with Crippen molar-refractivity contribution in [2.75, 3.05) is 31.7 Å². The standard InChI is InChI=1S/C17H26N2O2S/c1-13-3-5-14(6-4-13)7-9-18-17(20)16(8-10-22-2)19-11-15-12-21-15/h3-6,15-16,19H,7-12H2,1-2H3,(H,18,20). The van der Waals surface area contributed by atoms with E-state index in [0.29, 0.717) is 12.6 Å². The van der Waals surface area contributed by atoms with Crippen LogP contribution in [0.1, 0.15) is 17.5 Å². The molecule has 0 aromatic heterocycles. The lowest BCUT2D eigenvalue weighted by atomic mass is 10.1. The molecule has 5 heteroatoms. The molecule has 2 N–H and O–H groups in total.